The van der Waals surface area contributed by atoms with Crippen molar-refractivity contribution in [2.75, 3.05) is 19.0 Å². The summed E-state index contributed by atoms with van der Waals surface area (Å²) in [5.41, 5.74) is 1.41. The van der Waals surface area contributed by atoms with E-state index >= 15 is 0 Å². The molecule has 15 heavy (non-hydrogen) atoms. The van der Waals surface area contributed by atoms with Crippen LogP contribution in [-0.2, 0) is 10.5 Å². The third-order valence-corrected chi connectivity index (χ3v) is 3.15. The molecule has 1 rings (SSSR count). The van der Waals surface area contributed by atoms with Crippen LogP contribution in [0.1, 0.15) is 25.3 Å². The van der Waals surface area contributed by atoms with E-state index in [0.717, 1.165) is 31.8 Å². The molecule has 0 amide bonds. The summed E-state index contributed by atoms with van der Waals surface area (Å²) < 4.78 is 5.42. The van der Waals surface area contributed by atoms with Crippen LogP contribution in [0.25, 0.3) is 0 Å². The Balaban J connectivity index is 1.93. The van der Waals surface area contributed by atoms with Crippen molar-refractivity contribution in [1.29, 1.82) is 0 Å². The van der Waals surface area contributed by atoms with E-state index in [4.69, 9.17) is 4.74 Å². The quantitative estimate of drug-likeness (QED) is 0.622. The van der Waals surface area contributed by atoms with Crippen LogP contribution in [-0.4, -0.2) is 19.0 Å². The number of benzene rings is 1. The molecular weight excluding hydrogens is 204 g/mol. The summed E-state index contributed by atoms with van der Waals surface area (Å²) in [6.45, 7) is 3.96. The maximum Gasteiger partial charge on any atom is 0.0473 e. The maximum atomic E-state index is 5.42. The molecule has 1 nitrogen and oxygen atoms in total. The van der Waals surface area contributed by atoms with Gasteiger partial charge in [-0.3, -0.25) is 0 Å². The van der Waals surface area contributed by atoms with E-state index in [0.29, 0.717) is 0 Å². The van der Waals surface area contributed by atoms with Crippen molar-refractivity contribution in [2.45, 2.75) is 25.5 Å². The lowest BCUT2D eigenvalue weighted by atomic mass is 10.2. The predicted molar refractivity (Wildman–Crippen MR) is 68.3 cm³/mol. The highest BCUT2D eigenvalue weighted by Crippen LogP contribution is 2.12. The molecule has 1 aromatic carbocycles. The normalized spacial score (nSPS) is 10.5. The van der Waals surface area contributed by atoms with E-state index in [1.165, 1.54) is 11.3 Å². The number of hydrogen-bond donors (Lipinski definition) is 0. The summed E-state index contributed by atoms with van der Waals surface area (Å²) in [5.74, 6) is 2.31. The van der Waals surface area contributed by atoms with Crippen molar-refractivity contribution in [2.24, 2.45) is 0 Å². The Kier molecular flexibility index (Phi) is 7.40. The third-order valence-electron chi connectivity index (χ3n) is 2.04. The Morgan fingerprint density at radius 1 is 1.13 bits per heavy atom. The molecule has 0 aliphatic heterocycles. The maximum absolute atomic E-state index is 5.42. The van der Waals surface area contributed by atoms with Crippen LogP contribution < -0.4 is 0 Å². The molecule has 0 unspecified atom stereocenters. The number of thioether (sulfide) groups is 1. The van der Waals surface area contributed by atoms with Crippen LogP contribution in [0.5, 0.6) is 0 Å². The smallest absolute Gasteiger partial charge is 0.0473 e. The molecule has 0 aromatic heterocycles. The van der Waals surface area contributed by atoms with Gasteiger partial charge in [0.15, 0.2) is 0 Å². The molecule has 0 atom stereocenters. The standard InChI is InChI=1S/C13H20OS/c1-2-9-14-10-6-11-15-12-13-7-4-3-5-8-13/h3-5,7-8H,2,6,9-12H2,1H3. The lowest BCUT2D eigenvalue weighted by Gasteiger charge is -2.03. The van der Waals surface area contributed by atoms with E-state index in [-0.39, 0.29) is 0 Å². The summed E-state index contributed by atoms with van der Waals surface area (Å²) in [7, 11) is 0. The van der Waals surface area contributed by atoms with Gasteiger partial charge in [0.1, 0.15) is 0 Å². The van der Waals surface area contributed by atoms with Gasteiger partial charge in [-0.1, -0.05) is 37.3 Å². The summed E-state index contributed by atoms with van der Waals surface area (Å²) in [5, 5.41) is 0. The minimum absolute atomic E-state index is 0.906. The highest BCUT2D eigenvalue weighted by molar-refractivity contribution is 7.98. The lowest BCUT2D eigenvalue weighted by molar-refractivity contribution is 0.136. The average Bonchev–Trinajstić information content (AvgIpc) is 2.29. The fraction of sp³-hybridized carbons (Fsp3) is 0.538. The number of hydrogen-bond acceptors (Lipinski definition) is 2. The summed E-state index contributed by atoms with van der Waals surface area (Å²) >= 11 is 1.98. The van der Waals surface area contributed by atoms with Crippen LogP contribution in [0.15, 0.2) is 30.3 Å². The second-order valence-electron chi connectivity index (χ2n) is 3.50. The Morgan fingerprint density at radius 2 is 1.93 bits per heavy atom. The van der Waals surface area contributed by atoms with Gasteiger partial charge in [-0.2, -0.15) is 11.8 Å². The minimum Gasteiger partial charge on any atom is -0.381 e. The number of rotatable bonds is 8. The predicted octanol–water partition coefficient (Wildman–Crippen LogP) is 3.74. The highest BCUT2D eigenvalue weighted by atomic mass is 32.2. The zero-order valence-corrected chi connectivity index (χ0v) is 10.3. The lowest BCUT2D eigenvalue weighted by Crippen LogP contribution is -1.96. The fourth-order valence-corrected chi connectivity index (χ4v) is 2.17. The van der Waals surface area contributed by atoms with Crippen LogP contribution >= 0.6 is 11.8 Å². The van der Waals surface area contributed by atoms with Crippen molar-refractivity contribution in [1.82, 2.24) is 0 Å². The molecule has 0 saturated carbocycles. The molecule has 0 saturated heterocycles. The first kappa shape index (κ1) is 12.6. The van der Waals surface area contributed by atoms with E-state index in [2.05, 4.69) is 37.3 Å². The van der Waals surface area contributed by atoms with E-state index in [1.54, 1.807) is 0 Å². The molecule has 0 radical (unpaired) electrons. The molecule has 0 N–H and O–H groups in total. The van der Waals surface area contributed by atoms with Gasteiger partial charge >= 0.3 is 0 Å². The first-order valence-electron chi connectivity index (χ1n) is 5.63. The topological polar surface area (TPSA) is 9.23 Å². The zero-order valence-electron chi connectivity index (χ0n) is 9.45. The average molecular weight is 224 g/mol. The van der Waals surface area contributed by atoms with Crippen LogP contribution in [0.3, 0.4) is 0 Å². The SMILES string of the molecule is CCCOCCCSCc1ccccc1. The number of ether oxygens (including phenoxy) is 1. The molecule has 0 bridgehead atoms. The third kappa shape index (κ3) is 6.58. The molecule has 0 aliphatic carbocycles. The van der Waals surface area contributed by atoms with E-state index in [1.807, 2.05) is 11.8 Å². The Bertz CT molecular complexity index is 236. The molecule has 0 aliphatic rings. The first-order valence-corrected chi connectivity index (χ1v) is 6.78. The van der Waals surface area contributed by atoms with Gasteiger partial charge in [0.2, 0.25) is 0 Å². The van der Waals surface area contributed by atoms with Gasteiger partial charge in [0.25, 0.3) is 0 Å². The van der Waals surface area contributed by atoms with Crippen molar-refractivity contribution < 1.29 is 4.74 Å². The summed E-state index contributed by atoms with van der Waals surface area (Å²) in [6.07, 6.45) is 2.29. The minimum atomic E-state index is 0.906. The van der Waals surface area contributed by atoms with Gasteiger partial charge in [-0.15, -0.1) is 0 Å². The summed E-state index contributed by atoms with van der Waals surface area (Å²) in [6, 6.07) is 10.6. The van der Waals surface area contributed by atoms with Crippen molar-refractivity contribution >= 4 is 11.8 Å². The molecular formula is C13H20OS. The Hall–Kier alpha value is -0.470. The summed E-state index contributed by atoms with van der Waals surface area (Å²) in [4.78, 5) is 0. The van der Waals surface area contributed by atoms with Gasteiger partial charge in [0, 0.05) is 19.0 Å². The van der Waals surface area contributed by atoms with Crippen molar-refractivity contribution in [3.63, 3.8) is 0 Å². The van der Waals surface area contributed by atoms with E-state index < -0.39 is 0 Å². The Labute approximate surface area is 97.2 Å². The van der Waals surface area contributed by atoms with E-state index in [9.17, 15) is 0 Å². The molecule has 0 spiro atoms. The molecule has 1 aromatic rings. The second kappa shape index (κ2) is 8.81. The van der Waals surface area contributed by atoms with Gasteiger partial charge < -0.3 is 4.74 Å². The van der Waals surface area contributed by atoms with Crippen molar-refractivity contribution in [3.8, 4) is 0 Å². The van der Waals surface area contributed by atoms with Crippen molar-refractivity contribution in [3.05, 3.63) is 35.9 Å². The van der Waals surface area contributed by atoms with Gasteiger partial charge in [-0.25, -0.2) is 0 Å². The Morgan fingerprint density at radius 3 is 2.67 bits per heavy atom. The van der Waals surface area contributed by atoms with Crippen LogP contribution in [0.2, 0.25) is 0 Å². The molecule has 0 fully saturated rings. The molecule has 84 valence electrons. The second-order valence-corrected chi connectivity index (χ2v) is 4.61. The molecule has 2 heteroatoms. The highest BCUT2D eigenvalue weighted by Gasteiger charge is 1.92. The van der Waals surface area contributed by atoms with Gasteiger partial charge in [0.05, 0.1) is 0 Å². The van der Waals surface area contributed by atoms with Gasteiger partial charge in [-0.05, 0) is 24.2 Å². The largest absolute Gasteiger partial charge is 0.381 e. The fourth-order valence-electron chi connectivity index (χ4n) is 1.27. The first-order chi connectivity index (χ1) is 7.43. The molecule has 0 heterocycles. The monoisotopic (exact) mass is 224 g/mol. The van der Waals surface area contributed by atoms with Crippen LogP contribution in [0.4, 0.5) is 0 Å². The zero-order chi connectivity index (χ0) is 10.8. The van der Waals surface area contributed by atoms with Crippen LogP contribution in [0, 0.1) is 0 Å².